The summed E-state index contributed by atoms with van der Waals surface area (Å²) < 4.78 is 0. The Morgan fingerprint density at radius 3 is 2.42 bits per heavy atom. The number of halogens is 1. The van der Waals surface area contributed by atoms with Crippen molar-refractivity contribution in [3.63, 3.8) is 0 Å². The van der Waals surface area contributed by atoms with Crippen LogP contribution in [0.1, 0.15) is 16.7 Å². The molecular formula is C19H21ClN2O2. The van der Waals surface area contributed by atoms with Crippen LogP contribution in [0.3, 0.4) is 0 Å². The molecule has 24 heavy (non-hydrogen) atoms. The van der Waals surface area contributed by atoms with E-state index in [1.54, 1.807) is 19.2 Å². The lowest BCUT2D eigenvalue weighted by Crippen LogP contribution is -2.35. The Morgan fingerprint density at radius 2 is 1.75 bits per heavy atom. The number of carbonyl (C=O) groups is 2. The summed E-state index contributed by atoms with van der Waals surface area (Å²) in [6.45, 7) is 3.92. The lowest BCUT2D eigenvalue weighted by Gasteiger charge is -2.17. The molecule has 2 aromatic rings. The average Bonchev–Trinajstić information content (AvgIpc) is 2.53. The SMILES string of the molecule is Cc1ccc(C)c(NC(=O)CN(C)C(=O)Cc2ccc(Cl)cc2)c1. The minimum absolute atomic E-state index is 0.0137. The van der Waals surface area contributed by atoms with Crippen LogP contribution < -0.4 is 5.32 Å². The molecule has 0 aliphatic heterocycles. The van der Waals surface area contributed by atoms with Crippen molar-refractivity contribution in [3.05, 3.63) is 64.2 Å². The molecule has 0 saturated heterocycles. The highest BCUT2D eigenvalue weighted by atomic mass is 35.5. The molecule has 126 valence electrons. The van der Waals surface area contributed by atoms with Crippen LogP contribution in [0.4, 0.5) is 5.69 Å². The Labute approximate surface area is 147 Å². The Bertz CT molecular complexity index is 742. The van der Waals surface area contributed by atoms with E-state index in [1.807, 2.05) is 44.2 Å². The molecule has 0 saturated carbocycles. The van der Waals surface area contributed by atoms with Crippen LogP contribution in [0.5, 0.6) is 0 Å². The number of hydrogen-bond donors (Lipinski definition) is 1. The topological polar surface area (TPSA) is 49.4 Å². The average molecular weight is 345 g/mol. The number of likely N-dealkylation sites (N-methyl/N-ethyl adjacent to an activating group) is 1. The first-order valence-electron chi connectivity index (χ1n) is 7.70. The monoisotopic (exact) mass is 344 g/mol. The van der Waals surface area contributed by atoms with Crippen LogP contribution >= 0.6 is 11.6 Å². The zero-order valence-electron chi connectivity index (χ0n) is 14.1. The Hall–Kier alpha value is -2.33. The molecule has 0 spiro atoms. The molecule has 0 aliphatic carbocycles. The van der Waals surface area contributed by atoms with Crippen molar-refractivity contribution in [2.45, 2.75) is 20.3 Å². The fraction of sp³-hybridized carbons (Fsp3) is 0.263. The van der Waals surface area contributed by atoms with Crippen molar-refractivity contribution in [2.24, 2.45) is 0 Å². The number of benzene rings is 2. The maximum atomic E-state index is 12.2. The van der Waals surface area contributed by atoms with Gasteiger partial charge in [-0.2, -0.15) is 0 Å². The maximum Gasteiger partial charge on any atom is 0.243 e. The van der Waals surface area contributed by atoms with Gasteiger partial charge in [-0.1, -0.05) is 35.9 Å². The minimum atomic E-state index is -0.212. The predicted molar refractivity (Wildman–Crippen MR) is 97.3 cm³/mol. The number of rotatable bonds is 5. The van der Waals surface area contributed by atoms with Crippen LogP contribution in [0, 0.1) is 13.8 Å². The quantitative estimate of drug-likeness (QED) is 0.901. The molecule has 2 rings (SSSR count). The van der Waals surface area contributed by atoms with Crippen molar-refractivity contribution in [2.75, 3.05) is 18.9 Å². The first-order chi connectivity index (χ1) is 11.3. The Kier molecular flexibility index (Phi) is 5.99. The third-order valence-corrected chi connectivity index (χ3v) is 3.99. The van der Waals surface area contributed by atoms with Gasteiger partial charge < -0.3 is 10.2 Å². The van der Waals surface area contributed by atoms with Crippen molar-refractivity contribution < 1.29 is 9.59 Å². The fourth-order valence-corrected chi connectivity index (χ4v) is 2.40. The molecule has 0 fully saturated rings. The lowest BCUT2D eigenvalue weighted by molar-refractivity contribution is -0.132. The van der Waals surface area contributed by atoms with E-state index >= 15 is 0 Å². The van der Waals surface area contributed by atoms with Gasteiger partial charge in [0.25, 0.3) is 0 Å². The summed E-state index contributed by atoms with van der Waals surface area (Å²) in [5, 5.41) is 3.49. The number of nitrogens with zero attached hydrogens (tertiary/aromatic N) is 1. The molecule has 0 radical (unpaired) electrons. The molecule has 0 atom stereocenters. The molecule has 0 bridgehead atoms. The van der Waals surface area contributed by atoms with E-state index in [0.717, 1.165) is 22.4 Å². The second-order valence-electron chi connectivity index (χ2n) is 5.92. The molecular weight excluding hydrogens is 324 g/mol. The zero-order valence-corrected chi connectivity index (χ0v) is 14.9. The van der Waals surface area contributed by atoms with Crippen molar-refractivity contribution in [1.82, 2.24) is 4.90 Å². The van der Waals surface area contributed by atoms with E-state index in [0.29, 0.717) is 5.02 Å². The zero-order chi connectivity index (χ0) is 17.7. The van der Waals surface area contributed by atoms with Gasteiger partial charge in [-0.05, 0) is 48.7 Å². The minimum Gasteiger partial charge on any atom is -0.336 e. The van der Waals surface area contributed by atoms with E-state index in [2.05, 4.69) is 5.32 Å². The van der Waals surface area contributed by atoms with Crippen LogP contribution in [-0.2, 0) is 16.0 Å². The molecule has 0 unspecified atom stereocenters. The van der Waals surface area contributed by atoms with Gasteiger partial charge in [-0.3, -0.25) is 9.59 Å². The number of carbonyl (C=O) groups excluding carboxylic acids is 2. The molecule has 2 amide bonds. The summed E-state index contributed by atoms with van der Waals surface area (Å²) in [4.78, 5) is 25.8. The van der Waals surface area contributed by atoms with Crippen LogP contribution in [0.25, 0.3) is 0 Å². The summed E-state index contributed by atoms with van der Waals surface area (Å²) in [6, 6.07) is 13.0. The number of amides is 2. The van der Waals surface area contributed by atoms with Gasteiger partial charge in [0, 0.05) is 17.8 Å². The second-order valence-corrected chi connectivity index (χ2v) is 6.36. The molecule has 1 N–H and O–H groups in total. The summed E-state index contributed by atoms with van der Waals surface area (Å²) in [5.74, 6) is -0.330. The first kappa shape index (κ1) is 18.0. The number of anilines is 1. The Balaban J connectivity index is 1.91. The van der Waals surface area contributed by atoms with E-state index in [1.165, 1.54) is 4.90 Å². The molecule has 0 heterocycles. The van der Waals surface area contributed by atoms with Crippen molar-refractivity contribution >= 4 is 29.1 Å². The van der Waals surface area contributed by atoms with E-state index in [4.69, 9.17) is 11.6 Å². The van der Waals surface area contributed by atoms with E-state index in [9.17, 15) is 9.59 Å². The molecule has 0 aromatic heterocycles. The fourth-order valence-electron chi connectivity index (χ4n) is 2.28. The van der Waals surface area contributed by atoms with Gasteiger partial charge in [0.05, 0.1) is 13.0 Å². The number of nitrogens with one attached hydrogen (secondary N) is 1. The normalized spacial score (nSPS) is 10.3. The van der Waals surface area contributed by atoms with Gasteiger partial charge >= 0.3 is 0 Å². The van der Waals surface area contributed by atoms with Crippen molar-refractivity contribution in [1.29, 1.82) is 0 Å². The highest BCUT2D eigenvalue weighted by molar-refractivity contribution is 6.30. The smallest absolute Gasteiger partial charge is 0.243 e. The lowest BCUT2D eigenvalue weighted by atomic mass is 10.1. The van der Waals surface area contributed by atoms with Crippen LogP contribution in [-0.4, -0.2) is 30.3 Å². The highest BCUT2D eigenvalue weighted by Gasteiger charge is 2.14. The van der Waals surface area contributed by atoms with Gasteiger partial charge in [0.1, 0.15) is 0 Å². The van der Waals surface area contributed by atoms with E-state index in [-0.39, 0.29) is 24.8 Å². The Morgan fingerprint density at radius 1 is 1.08 bits per heavy atom. The second kappa shape index (κ2) is 7.97. The third kappa shape index (κ3) is 5.10. The first-order valence-corrected chi connectivity index (χ1v) is 8.08. The molecule has 2 aromatic carbocycles. The molecule has 5 heteroatoms. The standard InChI is InChI=1S/C19H21ClN2O2/c1-13-4-5-14(2)17(10-13)21-18(23)12-22(3)19(24)11-15-6-8-16(20)9-7-15/h4-10H,11-12H2,1-3H3,(H,21,23). The predicted octanol–water partition coefficient (Wildman–Crippen LogP) is 3.60. The summed E-state index contributed by atoms with van der Waals surface area (Å²) in [7, 11) is 1.63. The number of aryl methyl sites for hydroxylation is 2. The van der Waals surface area contributed by atoms with Gasteiger partial charge in [-0.15, -0.1) is 0 Å². The summed E-state index contributed by atoms with van der Waals surface area (Å²) >= 11 is 5.83. The molecule has 0 aliphatic rings. The summed E-state index contributed by atoms with van der Waals surface area (Å²) in [6.07, 6.45) is 0.240. The van der Waals surface area contributed by atoms with Crippen LogP contribution in [0.2, 0.25) is 5.02 Å². The largest absolute Gasteiger partial charge is 0.336 e. The maximum absolute atomic E-state index is 12.2. The van der Waals surface area contributed by atoms with E-state index < -0.39 is 0 Å². The highest BCUT2D eigenvalue weighted by Crippen LogP contribution is 2.16. The van der Waals surface area contributed by atoms with Crippen molar-refractivity contribution in [3.8, 4) is 0 Å². The summed E-state index contributed by atoms with van der Waals surface area (Å²) in [5.41, 5.74) is 3.71. The van der Waals surface area contributed by atoms with Gasteiger partial charge in [0.15, 0.2) is 0 Å². The third-order valence-electron chi connectivity index (χ3n) is 3.74. The van der Waals surface area contributed by atoms with Crippen LogP contribution in [0.15, 0.2) is 42.5 Å². The van der Waals surface area contributed by atoms with Gasteiger partial charge in [0.2, 0.25) is 11.8 Å². The molecule has 4 nitrogen and oxygen atoms in total. The number of hydrogen-bond acceptors (Lipinski definition) is 2. The van der Waals surface area contributed by atoms with Gasteiger partial charge in [-0.25, -0.2) is 0 Å².